The average Bonchev–Trinajstić information content (AvgIpc) is 2.71. The van der Waals surface area contributed by atoms with Crippen LogP contribution >= 0.6 is 15.9 Å². The Balaban J connectivity index is 2.24. The summed E-state index contributed by atoms with van der Waals surface area (Å²) in [4.78, 5) is 13.2. The quantitative estimate of drug-likeness (QED) is 0.919. The molecule has 1 aliphatic heterocycles. The molecule has 0 saturated carbocycles. The van der Waals surface area contributed by atoms with Gasteiger partial charge in [-0.2, -0.15) is 0 Å². The maximum absolute atomic E-state index is 4.41. The van der Waals surface area contributed by atoms with Crippen LogP contribution in [0.1, 0.15) is 6.92 Å². The van der Waals surface area contributed by atoms with Gasteiger partial charge >= 0.3 is 0 Å². The first-order valence-corrected chi connectivity index (χ1v) is 6.93. The Morgan fingerprint density at radius 2 is 2.11 bits per heavy atom. The number of nitrogens with one attached hydrogen (secondary N) is 1. The van der Waals surface area contributed by atoms with Gasteiger partial charge in [0.1, 0.15) is 22.4 Å². The second-order valence-electron chi connectivity index (χ2n) is 5.02. The van der Waals surface area contributed by atoms with Crippen molar-refractivity contribution in [3.05, 3.63) is 10.8 Å². The molecule has 6 heteroatoms. The zero-order chi connectivity index (χ0) is 13.3. The Morgan fingerprint density at radius 3 is 2.67 bits per heavy atom. The summed E-state index contributed by atoms with van der Waals surface area (Å²) in [7, 11) is 6.14. The minimum absolute atomic E-state index is 0.574. The highest BCUT2D eigenvalue weighted by Crippen LogP contribution is 2.33. The largest absolute Gasteiger partial charge is 0.372 e. The van der Waals surface area contributed by atoms with Gasteiger partial charge in [-0.25, -0.2) is 9.97 Å². The molecule has 0 bridgehead atoms. The van der Waals surface area contributed by atoms with Crippen LogP contribution in [0.15, 0.2) is 10.8 Å². The van der Waals surface area contributed by atoms with Gasteiger partial charge in [-0.15, -0.1) is 0 Å². The molecule has 100 valence electrons. The van der Waals surface area contributed by atoms with Gasteiger partial charge in [0.25, 0.3) is 0 Å². The highest BCUT2D eigenvalue weighted by atomic mass is 79.9. The van der Waals surface area contributed by atoms with Crippen LogP contribution in [0.2, 0.25) is 0 Å². The summed E-state index contributed by atoms with van der Waals surface area (Å²) in [5, 5.41) is 3.07. The van der Waals surface area contributed by atoms with Crippen LogP contribution in [0.3, 0.4) is 0 Å². The van der Waals surface area contributed by atoms with Crippen LogP contribution < -0.4 is 10.2 Å². The average molecular weight is 314 g/mol. The lowest BCUT2D eigenvalue weighted by atomic mass is 10.1. The second-order valence-corrected chi connectivity index (χ2v) is 5.82. The summed E-state index contributed by atoms with van der Waals surface area (Å²) in [6, 6.07) is 0.574. The Kier molecular flexibility index (Phi) is 4.07. The van der Waals surface area contributed by atoms with Crippen molar-refractivity contribution in [3.8, 4) is 0 Å². The lowest BCUT2D eigenvalue weighted by Gasteiger charge is -2.23. The van der Waals surface area contributed by atoms with Crippen molar-refractivity contribution in [1.29, 1.82) is 0 Å². The molecule has 2 rings (SSSR count). The monoisotopic (exact) mass is 313 g/mol. The van der Waals surface area contributed by atoms with Crippen LogP contribution in [0.4, 0.5) is 11.6 Å². The van der Waals surface area contributed by atoms with Gasteiger partial charge < -0.3 is 15.1 Å². The number of anilines is 2. The van der Waals surface area contributed by atoms with Gasteiger partial charge in [0.2, 0.25) is 0 Å². The van der Waals surface area contributed by atoms with E-state index in [-0.39, 0.29) is 0 Å². The summed E-state index contributed by atoms with van der Waals surface area (Å²) in [6.45, 7) is 4.33. The topological polar surface area (TPSA) is 44.3 Å². The van der Waals surface area contributed by atoms with Crippen molar-refractivity contribution in [1.82, 2.24) is 14.9 Å². The molecule has 1 aliphatic rings. The van der Waals surface area contributed by atoms with Crippen molar-refractivity contribution in [3.63, 3.8) is 0 Å². The lowest BCUT2D eigenvalue weighted by Crippen LogP contribution is -2.34. The van der Waals surface area contributed by atoms with E-state index in [0.29, 0.717) is 12.0 Å². The molecule has 1 aromatic rings. The summed E-state index contributed by atoms with van der Waals surface area (Å²) in [5.41, 5.74) is 0. The van der Waals surface area contributed by atoms with E-state index in [4.69, 9.17) is 0 Å². The van der Waals surface area contributed by atoms with Gasteiger partial charge in [-0.1, -0.05) is 6.92 Å². The predicted octanol–water partition coefficient (Wildman–Crippen LogP) is 1.67. The number of hydrogen-bond donors (Lipinski definition) is 1. The molecular weight excluding hydrogens is 294 g/mol. The lowest BCUT2D eigenvalue weighted by molar-refractivity contribution is 0.266. The molecule has 2 atom stereocenters. The van der Waals surface area contributed by atoms with Crippen molar-refractivity contribution >= 4 is 27.6 Å². The molecule has 1 fully saturated rings. The van der Waals surface area contributed by atoms with E-state index < -0.39 is 0 Å². The van der Waals surface area contributed by atoms with E-state index in [9.17, 15) is 0 Å². The SMILES string of the molecule is CNc1ncnc(N2CC(C)C(N(C)C)C2)c1Br. The Labute approximate surface area is 117 Å². The fourth-order valence-electron chi connectivity index (χ4n) is 2.55. The molecular formula is C12H20BrN5. The van der Waals surface area contributed by atoms with Crippen LogP contribution in [-0.4, -0.2) is 55.1 Å². The summed E-state index contributed by atoms with van der Waals surface area (Å²) < 4.78 is 0.944. The van der Waals surface area contributed by atoms with Crippen molar-refractivity contribution in [2.45, 2.75) is 13.0 Å². The van der Waals surface area contributed by atoms with E-state index in [1.807, 2.05) is 7.05 Å². The second kappa shape index (κ2) is 5.40. The Bertz CT molecular complexity index is 423. The summed E-state index contributed by atoms with van der Waals surface area (Å²) >= 11 is 3.59. The zero-order valence-electron chi connectivity index (χ0n) is 11.3. The van der Waals surface area contributed by atoms with E-state index in [2.05, 4.69) is 62.0 Å². The van der Waals surface area contributed by atoms with Gasteiger partial charge in [0.15, 0.2) is 0 Å². The fraction of sp³-hybridized carbons (Fsp3) is 0.667. The molecule has 0 spiro atoms. The molecule has 0 radical (unpaired) electrons. The van der Waals surface area contributed by atoms with Crippen LogP contribution in [0.25, 0.3) is 0 Å². The first-order valence-electron chi connectivity index (χ1n) is 6.14. The molecule has 1 saturated heterocycles. The van der Waals surface area contributed by atoms with E-state index >= 15 is 0 Å². The van der Waals surface area contributed by atoms with Gasteiger partial charge in [0, 0.05) is 26.2 Å². The Hall–Kier alpha value is -0.880. The smallest absolute Gasteiger partial charge is 0.148 e. The van der Waals surface area contributed by atoms with E-state index in [1.54, 1.807) is 6.33 Å². The third-order valence-electron chi connectivity index (χ3n) is 3.54. The molecule has 1 aromatic heterocycles. The summed E-state index contributed by atoms with van der Waals surface area (Å²) in [5.74, 6) is 2.45. The molecule has 5 nitrogen and oxygen atoms in total. The van der Waals surface area contributed by atoms with Crippen molar-refractivity contribution in [2.75, 3.05) is 44.4 Å². The molecule has 2 unspecified atom stereocenters. The third kappa shape index (κ3) is 2.44. The first-order chi connectivity index (χ1) is 8.54. The third-order valence-corrected chi connectivity index (χ3v) is 4.27. The minimum atomic E-state index is 0.574. The molecule has 1 N–H and O–H groups in total. The number of nitrogens with zero attached hydrogens (tertiary/aromatic N) is 4. The molecule has 0 aliphatic carbocycles. The first kappa shape index (κ1) is 13.5. The minimum Gasteiger partial charge on any atom is -0.372 e. The molecule has 18 heavy (non-hydrogen) atoms. The number of likely N-dealkylation sites (N-methyl/N-ethyl adjacent to an activating group) is 1. The van der Waals surface area contributed by atoms with Gasteiger partial charge in [-0.3, -0.25) is 0 Å². The zero-order valence-corrected chi connectivity index (χ0v) is 12.9. The van der Waals surface area contributed by atoms with Crippen LogP contribution in [-0.2, 0) is 0 Å². The Morgan fingerprint density at radius 1 is 1.39 bits per heavy atom. The highest BCUT2D eigenvalue weighted by Gasteiger charge is 2.32. The maximum atomic E-state index is 4.41. The van der Waals surface area contributed by atoms with E-state index in [1.165, 1.54) is 0 Å². The summed E-state index contributed by atoms with van der Waals surface area (Å²) in [6.07, 6.45) is 1.61. The van der Waals surface area contributed by atoms with Crippen molar-refractivity contribution in [2.24, 2.45) is 5.92 Å². The van der Waals surface area contributed by atoms with Crippen LogP contribution in [0.5, 0.6) is 0 Å². The molecule has 0 amide bonds. The van der Waals surface area contributed by atoms with Crippen molar-refractivity contribution < 1.29 is 0 Å². The molecule has 2 heterocycles. The number of rotatable bonds is 3. The standard InChI is InChI=1S/C12H20BrN5/c1-8-5-18(6-9(8)17(3)4)12-10(13)11(14-2)15-7-16-12/h7-9H,5-6H2,1-4H3,(H,14,15,16). The number of halogens is 1. The normalized spacial score (nSPS) is 23.8. The van der Waals surface area contributed by atoms with Gasteiger partial charge in [0.05, 0.1) is 0 Å². The van der Waals surface area contributed by atoms with E-state index in [0.717, 1.165) is 29.2 Å². The molecule has 0 aromatic carbocycles. The number of hydrogen-bond acceptors (Lipinski definition) is 5. The fourth-order valence-corrected chi connectivity index (χ4v) is 3.20. The number of aromatic nitrogens is 2. The highest BCUT2D eigenvalue weighted by molar-refractivity contribution is 9.10. The predicted molar refractivity (Wildman–Crippen MR) is 78.1 cm³/mol. The maximum Gasteiger partial charge on any atom is 0.148 e. The van der Waals surface area contributed by atoms with Crippen LogP contribution in [0, 0.1) is 5.92 Å². The van der Waals surface area contributed by atoms with Gasteiger partial charge in [-0.05, 0) is 35.9 Å².